The standard InChI is InChI=1S/C24H22N4O4S.C2H6/c1-16(29)15-33-24-26-23(27-28-24)22-11-10-21(32-22)18-8-9-20(30-2)19(12-18)13-25-31-14-17-6-4-3-5-7-17;1-2/h3-13H,14-15H2,1-2H3,(H,26,27,28);1-2H3/b25-13+;. The summed E-state index contributed by atoms with van der Waals surface area (Å²) in [5.41, 5.74) is 2.63. The zero-order chi connectivity index (χ0) is 25.0. The van der Waals surface area contributed by atoms with Gasteiger partial charge in [-0.05, 0) is 42.8 Å². The van der Waals surface area contributed by atoms with Gasteiger partial charge in [0.1, 0.15) is 23.9 Å². The number of thioether (sulfide) groups is 1. The van der Waals surface area contributed by atoms with Gasteiger partial charge in [0.2, 0.25) is 5.16 Å². The fourth-order valence-electron chi connectivity index (χ4n) is 2.98. The highest BCUT2D eigenvalue weighted by atomic mass is 32.2. The first kappa shape index (κ1) is 25.8. The number of H-pyrrole nitrogens is 1. The van der Waals surface area contributed by atoms with Crippen LogP contribution in [0.1, 0.15) is 31.9 Å². The van der Waals surface area contributed by atoms with Gasteiger partial charge in [-0.25, -0.2) is 0 Å². The van der Waals surface area contributed by atoms with E-state index in [-0.39, 0.29) is 5.78 Å². The number of methoxy groups -OCH3 is 1. The number of ether oxygens (including phenoxy) is 1. The first-order valence-corrected chi connectivity index (χ1v) is 12.1. The summed E-state index contributed by atoms with van der Waals surface area (Å²) in [7, 11) is 1.60. The van der Waals surface area contributed by atoms with E-state index in [0.717, 1.165) is 16.7 Å². The molecule has 4 aromatic rings. The van der Waals surface area contributed by atoms with Crippen LogP contribution in [-0.2, 0) is 16.2 Å². The van der Waals surface area contributed by atoms with Crippen LogP contribution in [0.3, 0.4) is 0 Å². The maximum atomic E-state index is 11.1. The average Bonchev–Trinajstić information content (AvgIpc) is 3.57. The van der Waals surface area contributed by atoms with Crippen molar-refractivity contribution >= 4 is 23.8 Å². The van der Waals surface area contributed by atoms with Crippen molar-refractivity contribution in [1.29, 1.82) is 0 Å². The van der Waals surface area contributed by atoms with Crippen LogP contribution in [0.4, 0.5) is 0 Å². The molecule has 0 saturated carbocycles. The first-order chi connectivity index (χ1) is 17.1. The maximum Gasteiger partial charge on any atom is 0.209 e. The zero-order valence-electron chi connectivity index (χ0n) is 20.1. The van der Waals surface area contributed by atoms with Crippen molar-refractivity contribution in [2.75, 3.05) is 12.9 Å². The Bertz CT molecular complexity index is 1250. The fourth-order valence-corrected chi connectivity index (χ4v) is 3.57. The Morgan fingerprint density at radius 1 is 1.11 bits per heavy atom. The predicted molar refractivity (Wildman–Crippen MR) is 138 cm³/mol. The van der Waals surface area contributed by atoms with Gasteiger partial charge < -0.3 is 14.0 Å². The molecule has 8 nitrogen and oxygen atoms in total. The van der Waals surface area contributed by atoms with Crippen LogP contribution in [0.5, 0.6) is 5.75 Å². The summed E-state index contributed by atoms with van der Waals surface area (Å²) in [6, 6.07) is 19.2. The molecular weight excluding hydrogens is 464 g/mol. The van der Waals surface area contributed by atoms with Crippen LogP contribution in [-0.4, -0.2) is 40.0 Å². The van der Waals surface area contributed by atoms with Gasteiger partial charge in [-0.3, -0.25) is 9.89 Å². The minimum absolute atomic E-state index is 0.0657. The molecule has 0 unspecified atom stereocenters. The number of rotatable bonds is 10. The molecule has 182 valence electrons. The molecule has 2 heterocycles. The van der Waals surface area contributed by atoms with E-state index in [9.17, 15) is 4.79 Å². The monoisotopic (exact) mass is 492 g/mol. The number of aromatic amines is 1. The maximum absolute atomic E-state index is 11.1. The van der Waals surface area contributed by atoms with E-state index < -0.39 is 0 Å². The number of nitrogens with one attached hydrogen (secondary N) is 1. The molecule has 0 atom stereocenters. The molecule has 0 bridgehead atoms. The van der Waals surface area contributed by atoms with E-state index >= 15 is 0 Å². The molecule has 9 heteroatoms. The van der Waals surface area contributed by atoms with Crippen LogP contribution in [0.2, 0.25) is 0 Å². The highest BCUT2D eigenvalue weighted by Gasteiger charge is 2.13. The Morgan fingerprint density at radius 2 is 1.89 bits per heavy atom. The predicted octanol–water partition coefficient (Wildman–Crippen LogP) is 6.00. The fraction of sp³-hybridized carbons (Fsp3) is 0.231. The van der Waals surface area contributed by atoms with Crippen molar-refractivity contribution in [3.8, 4) is 28.7 Å². The number of Topliss-reactive ketones (excluding diaryl/α,β-unsaturated/α-hetero) is 1. The lowest BCUT2D eigenvalue weighted by molar-refractivity contribution is -0.114. The molecule has 0 spiro atoms. The number of hydrogen-bond acceptors (Lipinski definition) is 8. The number of oxime groups is 1. The summed E-state index contributed by atoms with van der Waals surface area (Å²) >= 11 is 1.28. The molecular formula is C26H28N4O4S. The summed E-state index contributed by atoms with van der Waals surface area (Å²) in [5.74, 6) is 2.76. The lowest BCUT2D eigenvalue weighted by Crippen LogP contribution is -1.93. The summed E-state index contributed by atoms with van der Waals surface area (Å²) < 4.78 is 11.4. The van der Waals surface area contributed by atoms with Gasteiger partial charge in [-0.2, -0.15) is 4.98 Å². The summed E-state index contributed by atoms with van der Waals surface area (Å²) in [5, 5.41) is 11.5. The highest BCUT2D eigenvalue weighted by molar-refractivity contribution is 7.99. The Labute approximate surface area is 208 Å². The average molecular weight is 493 g/mol. The van der Waals surface area contributed by atoms with Crippen LogP contribution >= 0.6 is 11.8 Å². The van der Waals surface area contributed by atoms with Gasteiger partial charge in [0.25, 0.3) is 0 Å². The van der Waals surface area contributed by atoms with Crippen molar-refractivity contribution in [2.24, 2.45) is 5.16 Å². The number of ketones is 1. The largest absolute Gasteiger partial charge is 0.496 e. The molecule has 0 amide bonds. The number of carbonyl (C=O) groups excluding carboxylic acids is 1. The van der Waals surface area contributed by atoms with Crippen molar-refractivity contribution < 1.29 is 18.8 Å². The Morgan fingerprint density at radius 3 is 2.63 bits per heavy atom. The molecule has 0 aliphatic carbocycles. The molecule has 2 aromatic carbocycles. The topological polar surface area (TPSA) is 103 Å². The van der Waals surface area contributed by atoms with Gasteiger partial charge in [-0.15, -0.1) is 5.10 Å². The summed E-state index contributed by atoms with van der Waals surface area (Å²) in [6.07, 6.45) is 1.62. The lowest BCUT2D eigenvalue weighted by atomic mass is 10.1. The second kappa shape index (κ2) is 13.1. The third-order valence-electron chi connectivity index (χ3n) is 4.56. The molecule has 0 fully saturated rings. The number of nitrogens with zero attached hydrogens (tertiary/aromatic N) is 3. The molecule has 1 N–H and O–H groups in total. The van der Waals surface area contributed by atoms with Gasteiger partial charge in [0.05, 0.1) is 19.1 Å². The molecule has 2 aromatic heterocycles. The Kier molecular flexibility index (Phi) is 9.68. The third kappa shape index (κ3) is 7.31. The van der Waals surface area contributed by atoms with Gasteiger partial charge in [-0.1, -0.05) is 61.1 Å². The van der Waals surface area contributed by atoms with Gasteiger partial charge in [0, 0.05) is 11.1 Å². The van der Waals surface area contributed by atoms with E-state index in [0.29, 0.717) is 40.6 Å². The molecule has 35 heavy (non-hydrogen) atoms. The van der Waals surface area contributed by atoms with Crippen LogP contribution in [0.25, 0.3) is 22.9 Å². The van der Waals surface area contributed by atoms with E-state index in [1.54, 1.807) is 13.3 Å². The minimum atomic E-state index is 0.0657. The Hall–Kier alpha value is -3.85. The quantitative estimate of drug-likeness (QED) is 0.165. The molecule has 0 aliphatic heterocycles. The third-order valence-corrected chi connectivity index (χ3v) is 5.56. The summed E-state index contributed by atoms with van der Waals surface area (Å²) in [6.45, 7) is 5.91. The number of carbonyl (C=O) groups is 1. The van der Waals surface area contributed by atoms with Crippen LogP contribution < -0.4 is 4.74 Å². The highest BCUT2D eigenvalue weighted by Crippen LogP contribution is 2.30. The number of furan rings is 1. The molecule has 0 saturated heterocycles. The van der Waals surface area contributed by atoms with Crippen LogP contribution in [0, 0.1) is 0 Å². The second-order valence-corrected chi connectivity index (χ2v) is 8.01. The van der Waals surface area contributed by atoms with E-state index in [1.165, 1.54) is 18.7 Å². The number of hydrogen-bond donors (Lipinski definition) is 1. The SMILES string of the molecule is CC.COc1ccc(-c2ccc(-c3nc(SCC(C)=O)n[nH]3)o2)cc1/C=N/OCc1ccccc1. The molecule has 0 radical (unpaired) electrons. The van der Waals surface area contributed by atoms with E-state index in [2.05, 4.69) is 20.3 Å². The zero-order valence-corrected chi connectivity index (χ0v) is 21.0. The van der Waals surface area contributed by atoms with Crippen molar-refractivity contribution in [3.05, 3.63) is 71.8 Å². The summed E-state index contributed by atoms with van der Waals surface area (Å²) in [4.78, 5) is 20.9. The molecule has 0 aliphatic rings. The number of benzene rings is 2. The minimum Gasteiger partial charge on any atom is -0.496 e. The van der Waals surface area contributed by atoms with Crippen molar-refractivity contribution in [3.63, 3.8) is 0 Å². The molecule has 4 rings (SSSR count). The Balaban J connectivity index is 0.00000167. The van der Waals surface area contributed by atoms with Crippen LogP contribution in [0.15, 0.2) is 75.4 Å². The second-order valence-electron chi connectivity index (χ2n) is 7.07. The van der Waals surface area contributed by atoms with Crippen molar-refractivity contribution in [2.45, 2.75) is 32.5 Å². The van der Waals surface area contributed by atoms with Crippen molar-refractivity contribution in [1.82, 2.24) is 15.2 Å². The van der Waals surface area contributed by atoms with Gasteiger partial charge >= 0.3 is 0 Å². The normalized spacial score (nSPS) is 10.6. The van der Waals surface area contributed by atoms with Gasteiger partial charge in [0.15, 0.2) is 11.6 Å². The van der Waals surface area contributed by atoms with E-state index in [1.807, 2.05) is 74.5 Å². The first-order valence-electron chi connectivity index (χ1n) is 11.1. The lowest BCUT2D eigenvalue weighted by Gasteiger charge is -2.06. The van der Waals surface area contributed by atoms with E-state index in [4.69, 9.17) is 14.0 Å². The smallest absolute Gasteiger partial charge is 0.209 e. The number of aromatic nitrogens is 3.